The van der Waals surface area contributed by atoms with Crippen molar-refractivity contribution in [2.45, 2.75) is 0 Å². The summed E-state index contributed by atoms with van der Waals surface area (Å²) >= 11 is 6.54. The van der Waals surface area contributed by atoms with Gasteiger partial charge in [0.2, 0.25) is 0 Å². The van der Waals surface area contributed by atoms with Gasteiger partial charge in [-0.25, -0.2) is 9.97 Å². The first-order valence-corrected chi connectivity index (χ1v) is 10.2. The second-order valence-electron chi connectivity index (χ2n) is 7.42. The van der Waals surface area contributed by atoms with Crippen molar-refractivity contribution in [3.63, 3.8) is 0 Å². The van der Waals surface area contributed by atoms with E-state index < -0.39 is 0 Å². The molecular weight excluding hydrogens is 382 g/mol. The lowest BCUT2D eigenvalue weighted by Crippen LogP contribution is -2.44. The van der Waals surface area contributed by atoms with Crippen molar-refractivity contribution in [1.82, 2.24) is 19.4 Å². The first-order valence-electron chi connectivity index (χ1n) is 9.82. The van der Waals surface area contributed by atoms with Gasteiger partial charge in [-0.15, -0.1) is 0 Å². The van der Waals surface area contributed by atoms with Crippen molar-refractivity contribution >= 4 is 28.5 Å². The molecular formula is C23H22ClN5. The average molecular weight is 404 g/mol. The Morgan fingerprint density at radius 3 is 2.34 bits per heavy atom. The van der Waals surface area contributed by atoms with Crippen molar-refractivity contribution in [3.8, 4) is 16.8 Å². The number of benzene rings is 2. The molecule has 0 unspecified atom stereocenters. The lowest BCUT2D eigenvalue weighted by Gasteiger charge is -2.33. The Hall–Kier alpha value is -2.89. The van der Waals surface area contributed by atoms with E-state index in [9.17, 15) is 0 Å². The van der Waals surface area contributed by atoms with Gasteiger partial charge in [-0.1, -0.05) is 54.1 Å². The van der Waals surface area contributed by atoms with Crippen LogP contribution in [0.15, 0.2) is 67.1 Å². The smallest absolute Gasteiger partial charge is 0.150 e. The molecule has 0 radical (unpaired) electrons. The van der Waals surface area contributed by atoms with Crippen LogP contribution in [0.3, 0.4) is 0 Å². The van der Waals surface area contributed by atoms with Gasteiger partial charge in [-0.05, 0) is 24.7 Å². The van der Waals surface area contributed by atoms with Gasteiger partial charge in [0.25, 0.3) is 0 Å². The highest BCUT2D eigenvalue weighted by molar-refractivity contribution is 6.32. The summed E-state index contributed by atoms with van der Waals surface area (Å²) in [5, 5.41) is 1.77. The Balaban J connectivity index is 1.77. The maximum atomic E-state index is 6.54. The molecule has 0 aliphatic carbocycles. The van der Waals surface area contributed by atoms with Crippen LogP contribution in [-0.2, 0) is 0 Å². The third kappa shape index (κ3) is 3.26. The number of rotatable bonds is 3. The Kier molecular flexibility index (Phi) is 4.70. The van der Waals surface area contributed by atoms with E-state index >= 15 is 0 Å². The second-order valence-corrected chi connectivity index (χ2v) is 7.82. The van der Waals surface area contributed by atoms with E-state index in [1.54, 1.807) is 6.33 Å². The van der Waals surface area contributed by atoms with Crippen LogP contribution in [0.5, 0.6) is 0 Å². The number of nitrogens with zero attached hydrogens (tertiary/aromatic N) is 5. The number of piperazine rings is 1. The van der Waals surface area contributed by atoms with Crippen LogP contribution in [0.4, 0.5) is 5.82 Å². The molecule has 0 saturated carbocycles. The van der Waals surface area contributed by atoms with E-state index in [0.717, 1.165) is 59.8 Å². The SMILES string of the molecule is CN1CCN(c2ncnc3c2c(-c2ccccc2)cn3-c2ccccc2Cl)CC1. The lowest BCUT2D eigenvalue weighted by molar-refractivity contribution is 0.312. The van der Waals surface area contributed by atoms with Crippen molar-refractivity contribution < 1.29 is 0 Å². The molecule has 0 N–H and O–H groups in total. The monoisotopic (exact) mass is 403 g/mol. The van der Waals surface area contributed by atoms with Gasteiger partial charge in [0.1, 0.15) is 12.1 Å². The number of anilines is 1. The molecule has 2 aromatic heterocycles. The van der Waals surface area contributed by atoms with E-state index in [2.05, 4.69) is 56.9 Å². The Morgan fingerprint density at radius 1 is 0.862 bits per heavy atom. The summed E-state index contributed by atoms with van der Waals surface area (Å²) in [5.74, 6) is 0.993. The van der Waals surface area contributed by atoms with Crippen LogP contribution >= 0.6 is 11.6 Å². The van der Waals surface area contributed by atoms with E-state index in [4.69, 9.17) is 16.6 Å². The van der Waals surface area contributed by atoms with Gasteiger partial charge >= 0.3 is 0 Å². The molecule has 0 spiro atoms. The van der Waals surface area contributed by atoms with Crippen LogP contribution in [0.25, 0.3) is 27.8 Å². The molecule has 5 nitrogen and oxygen atoms in total. The number of hydrogen-bond acceptors (Lipinski definition) is 4. The normalized spacial score (nSPS) is 15.2. The molecule has 6 heteroatoms. The van der Waals surface area contributed by atoms with Crippen molar-refractivity contribution in [2.24, 2.45) is 0 Å². The first-order chi connectivity index (χ1) is 14.2. The molecule has 3 heterocycles. The van der Waals surface area contributed by atoms with Gasteiger partial charge in [0.05, 0.1) is 16.1 Å². The number of aromatic nitrogens is 3. The largest absolute Gasteiger partial charge is 0.353 e. The molecule has 29 heavy (non-hydrogen) atoms. The minimum atomic E-state index is 0.698. The van der Waals surface area contributed by atoms with Crippen LogP contribution in [-0.4, -0.2) is 52.7 Å². The zero-order valence-electron chi connectivity index (χ0n) is 16.3. The summed E-state index contributed by atoms with van der Waals surface area (Å²) in [7, 11) is 2.16. The van der Waals surface area contributed by atoms with Crippen molar-refractivity contribution in [3.05, 3.63) is 72.1 Å². The van der Waals surface area contributed by atoms with Gasteiger partial charge < -0.3 is 9.80 Å². The fourth-order valence-electron chi connectivity index (χ4n) is 3.97. The quantitative estimate of drug-likeness (QED) is 0.505. The maximum Gasteiger partial charge on any atom is 0.150 e. The van der Waals surface area contributed by atoms with Crippen molar-refractivity contribution in [1.29, 1.82) is 0 Å². The molecule has 1 aliphatic heterocycles. The Labute approximate surface area is 175 Å². The minimum absolute atomic E-state index is 0.698. The second kappa shape index (κ2) is 7.50. The van der Waals surface area contributed by atoms with E-state index in [1.165, 1.54) is 0 Å². The summed E-state index contributed by atoms with van der Waals surface area (Å²) < 4.78 is 2.08. The van der Waals surface area contributed by atoms with E-state index in [-0.39, 0.29) is 0 Å². The molecule has 1 saturated heterocycles. The number of fused-ring (bicyclic) bond motifs is 1. The zero-order valence-corrected chi connectivity index (χ0v) is 17.0. The third-order valence-electron chi connectivity index (χ3n) is 5.56. The predicted octanol–water partition coefficient (Wildman–Crippen LogP) is 4.49. The highest BCUT2D eigenvalue weighted by Crippen LogP contribution is 2.37. The van der Waals surface area contributed by atoms with E-state index in [0.29, 0.717) is 5.02 Å². The molecule has 0 bridgehead atoms. The third-order valence-corrected chi connectivity index (χ3v) is 5.88. The molecule has 2 aromatic carbocycles. The van der Waals surface area contributed by atoms with Crippen LogP contribution < -0.4 is 4.90 Å². The topological polar surface area (TPSA) is 37.2 Å². The summed E-state index contributed by atoms with van der Waals surface area (Å²) in [6, 6.07) is 18.3. The van der Waals surface area contributed by atoms with E-state index in [1.807, 2.05) is 30.3 Å². The number of hydrogen-bond donors (Lipinski definition) is 0. The van der Waals surface area contributed by atoms with Crippen molar-refractivity contribution in [2.75, 3.05) is 38.1 Å². The summed E-state index contributed by atoms with van der Waals surface area (Å²) in [6.45, 7) is 3.96. The lowest BCUT2D eigenvalue weighted by atomic mass is 10.1. The molecule has 1 aliphatic rings. The molecule has 1 fully saturated rings. The van der Waals surface area contributed by atoms with Gasteiger partial charge in [0.15, 0.2) is 5.65 Å². The molecule has 0 amide bonds. The highest BCUT2D eigenvalue weighted by atomic mass is 35.5. The van der Waals surface area contributed by atoms with Crippen LogP contribution in [0, 0.1) is 0 Å². The zero-order chi connectivity index (χ0) is 19.8. The fourth-order valence-corrected chi connectivity index (χ4v) is 4.20. The predicted molar refractivity (Wildman–Crippen MR) is 119 cm³/mol. The minimum Gasteiger partial charge on any atom is -0.353 e. The highest BCUT2D eigenvalue weighted by Gasteiger charge is 2.23. The molecule has 4 aromatic rings. The van der Waals surface area contributed by atoms with Crippen LogP contribution in [0.1, 0.15) is 0 Å². The molecule has 0 atom stereocenters. The summed E-state index contributed by atoms with van der Waals surface area (Å²) in [6.07, 6.45) is 3.80. The number of likely N-dealkylation sites (N-methyl/N-ethyl adjacent to an activating group) is 1. The Bertz CT molecular complexity index is 1150. The van der Waals surface area contributed by atoms with Gasteiger partial charge in [0, 0.05) is 37.9 Å². The Morgan fingerprint density at radius 2 is 1.59 bits per heavy atom. The standard InChI is InChI=1S/C23H22ClN5/c1-27-11-13-28(14-12-27)22-21-18(17-7-3-2-4-8-17)15-29(23(21)26-16-25-22)20-10-6-5-9-19(20)24/h2-10,15-16H,11-14H2,1H3. The molecule has 146 valence electrons. The summed E-state index contributed by atoms with van der Waals surface area (Å²) in [5.41, 5.74) is 4.06. The fraction of sp³-hybridized carbons (Fsp3) is 0.217. The maximum absolute atomic E-state index is 6.54. The summed E-state index contributed by atoms with van der Waals surface area (Å²) in [4.78, 5) is 14.1. The first kappa shape index (κ1) is 18.2. The van der Waals surface area contributed by atoms with Gasteiger partial charge in [-0.2, -0.15) is 0 Å². The number of halogens is 1. The average Bonchev–Trinajstić information content (AvgIpc) is 3.15. The van der Waals surface area contributed by atoms with Gasteiger partial charge in [-0.3, -0.25) is 4.57 Å². The molecule has 5 rings (SSSR count). The van der Waals surface area contributed by atoms with Crippen LogP contribution in [0.2, 0.25) is 5.02 Å². The number of para-hydroxylation sites is 1.